The summed E-state index contributed by atoms with van der Waals surface area (Å²) in [5.41, 5.74) is 2.54. The summed E-state index contributed by atoms with van der Waals surface area (Å²) in [6.45, 7) is 1.62. The first kappa shape index (κ1) is 13.2. The lowest BCUT2D eigenvalue weighted by Gasteiger charge is -2.08. The van der Waals surface area contributed by atoms with Gasteiger partial charge in [0.05, 0.1) is 11.0 Å². The highest BCUT2D eigenvalue weighted by Crippen LogP contribution is 2.27. The van der Waals surface area contributed by atoms with Gasteiger partial charge in [-0.2, -0.15) is 0 Å². The monoisotopic (exact) mass is 257 g/mol. The van der Waals surface area contributed by atoms with Crippen LogP contribution in [0.2, 0.25) is 0 Å². The van der Waals surface area contributed by atoms with Crippen LogP contribution in [0.3, 0.4) is 0 Å². The minimum absolute atomic E-state index is 0.0561. The third-order valence-corrected chi connectivity index (χ3v) is 2.90. The zero-order valence-electron chi connectivity index (χ0n) is 10.6. The molecule has 4 nitrogen and oxygen atoms in total. The van der Waals surface area contributed by atoms with Crippen molar-refractivity contribution in [3.05, 3.63) is 64.2 Å². The molecule has 0 aromatic heterocycles. The Balaban J connectivity index is 2.46. The van der Waals surface area contributed by atoms with Crippen LogP contribution in [0.25, 0.3) is 11.1 Å². The molecule has 0 radical (unpaired) electrons. The van der Waals surface area contributed by atoms with E-state index in [0.717, 1.165) is 11.1 Å². The lowest BCUT2D eigenvalue weighted by atomic mass is 9.99. The molecule has 2 aromatic rings. The minimum Gasteiger partial charge on any atom is -0.393 e. The fourth-order valence-electron chi connectivity index (χ4n) is 2.06. The highest BCUT2D eigenvalue weighted by atomic mass is 16.6. The van der Waals surface area contributed by atoms with E-state index in [0.29, 0.717) is 5.56 Å². The fourth-order valence-corrected chi connectivity index (χ4v) is 2.06. The van der Waals surface area contributed by atoms with Crippen molar-refractivity contribution in [1.82, 2.24) is 0 Å². The Morgan fingerprint density at radius 3 is 2.42 bits per heavy atom. The number of benzene rings is 2. The SMILES string of the molecule is CC(O)Cc1cc(-c2ccccc2)ccc1[N+](=O)[O-]. The molecule has 98 valence electrons. The van der Waals surface area contributed by atoms with Gasteiger partial charge in [-0.3, -0.25) is 10.1 Å². The van der Waals surface area contributed by atoms with Gasteiger partial charge in [0.2, 0.25) is 0 Å². The van der Waals surface area contributed by atoms with Crippen molar-refractivity contribution < 1.29 is 10.0 Å². The highest BCUT2D eigenvalue weighted by Gasteiger charge is 2.16. The third-order valence-electron chi connectivity index (χ3n) is 2.90. The second kappa shape index (κ2) is 5.63. The predicted molar refractivity (Wildman–Crippen MR) is 73.9 cm³/mol. The number of nitro groups is 1. The number of hydrogen-bond acceptors (Lipinski definition) is 3. The Labute approximate surface area is 111 Å². The topological polar surface area (TPSA) is 63.4 Å². The van der Waals surface area contributed by atoms with E-state index in [2.05, 4.69) is 0 Å². The first-order valence-corrected chi connectivity index (χ1v) is 6.08. The maximum Gasteiger partial charge on any atom is 0.272 e. The molecule has 0 aliphatic carbocycles. The van der Waals surface area contributed by atoms with Crippen LogP contribution in [0, 0.1) is 10.1 Å². The van der Waals surface area contributed by atoms with E-state index in [4.69, 9.17) is 0 Å². The van der Waals surface area contributed by atoms with Crippen molar-refractivity contribution in [2.75, 3.05) is 0 Å². The van der Waals surface area contributed by atoms with Crippen LogP contribution in [0.1, 0.15) is 12.5 Å². The normalized spacial score (nSPS) is 12.1. The highest BCUT2D eigenvalue weighted by molar-refractivity contribution is 5.66. The van der Waals surface area contributed by atoms with E-state index in [1.54, 1.807) is 19.1 Å². The molecule has 0 saturated carbocycles. The molecule has 0 aliphatic heterocycles. The second-order valence-electron chi connectivity index (χ2n) is 4.52. The molecule has 1 atom stereocenters. The second-order valence-corrected chi connectivity index (χ2v) is 4.52. The Morgan fingerprint density at radius 1 is 1.16 bits per heavy atom. The number of nitrogens with zero attached hydrogens (tertiary/aromatic N) is 1. The molecule has 1 N–H and O–H groups in total. The van der Waals surface area contributed by atoms with Crippen LogP contribution in [-0.4, -0.2) is 16.1 Å². The lowest BCUT2D eigenvalue weighted by molar-refractivity contribution is -0.385. The van der Waals surface area contributed by atoms with Crippen LogP contribution in [0.15, 0.2) is 48.5 Å². The van der Waals surface area contributed by atoms with Crippen molar-refractivity contribution in [3.63, 3.8) is 0 Å². The molecule has 4 heteroatoms. The van der Waals surface area contributed by atoms with Crippen molar-refractivity contribution in [1.29, 1.82) is 0 Å². The van der Waals surface area contributed by atoms with Gasteiger partial charge in [0.15, 0.2) is 0 Å². The molecule has 0 heterocycles. The Bertz CT molecular complexity index is 579. The van der Waals surface area contributed by atoms with Crippen molar-refractivity contribution >= 4 is 5.69 Å². The van der Waals surface area contributed by atoms with Crippen LogP contribution in [-0.2, 0) is 6.42 Å². The number of aliphatic hydroxyl groups excluding tert-OH is 1. The lowest BCUT2D eigenvalue weighted by Crippen LogP contribution is -2.06. The summed E-state index contributed by atoms with van der Waals surface area (Å²) >= 11 is 0. The summed E-state index contributed by atoms with van der Waals surface area (Å²) in [7, 11) is 0. The quantitative estimate of drug-likeness (QED) is 0.675. The zero-order valence-corrected chi connectivity index (χ0v) is 10.6. The van der Waals surface area contributed by atoms with Crippen molar-refractivity contribution in [2.24, 2.45) is 0 Å². The van der Waals surface area contributed by atoms with Gasteiger partial charge in [0.25, 0.3) is 5.69 Å². The maximum absolute atomic E-state index is 11.0. The summed E-state index contributed by atoms with van der Waals surface area (Å²) in [4.78, 5) is 10.6. The Kier molecular flexibility index (Phi) is 3.92. The summed E-state index contributed by atoms with van der Waals surface area (Å²) in [5, 5.41) is 20.4. The zero-order chi connectivity index (χ0) is 13.8. The van der Waals surface area contributed by atoms with Gasteiger partial charge in [-0.25, -0.2) is 0 Å². The van der Waals surface area contributed by atoms with Gasteiger partial charge in [0.1, 0.15) is 0 Å². The molecule has 0 spiro atoms. The van der Waals surface area contributed by atoms with E-state index in [1.165, 1.54) is 6.07 Å². The van der Waals surface area contributed by atoms with Crippen LogP contribution >= 0.6 is 0 Å². The van der Waals surface area contributed by atoms with Gasteiger partial charge < -0.3 is 5.11 Å². The molecular weight excluding hydrogens is 242 g/mol. The summed E-state index contributed by atoms with van der Waals surface area (Å²) in [5.74, 6) is 0. The van der Waals surface area contributed by atoms with E-state index < -0.39 is 11.0 Å². The number of nitro benzene ring substituents is 1. The van der Waals surface area contributed by atoms with Crippen molar-refractivity contribution in [2.45, 2.75) is 19.4 Å². The molecule has 2 rings (SSSR count). The van der Waals surface area contributed by atoms with Gasteiger partial charge >= 0.3 is 0 Å². The molecular formula is C15H15NO3. The first-order valence-electron chi connectivity index (χ1n) is 6.08. The van der Waals surface area contributed by atoms with E-state index >= 15 is 0 Å². The largest absolute Gasteiger partial charge is 0.393 e. The van der Waals surface area contributed by atoms with Crippen LogP contribution in [0.4, 0.5) is 5.69 Å². The van der Waals surface area contributed by atoms with Gasteiger partial charge in [0, 0.05) is 18.1 Å². The minimum atomic E-state index is -0.607. The number of hydrogen-bond donors (Lipinski definition) is 1. The standard InChI is InChI=1S/C15H15NO3/c1-11(17)9-14-10-13(7-8-15(14)16(18)19)12-5-3-2-4-6-12/h2-8,10-11,17H,9H2,1H3. The summed E-state index contributed by atoms with van der Waals surface area (Å²) < 4.78 is 0. The van der Waals surface area contributed by atoms with Gasteiger partial charge in [-0.1, -0.05) is 30.3 Å². The molecule has 0 bridgehead atoms. The first-order chi connectivity index (χ1) is 9.08. The summed E-state index contributed by atoms with van der Waals surface area (Å²) in [6, 6.07) is 14.7. The van der Waals surface area contributed by atoms with E-state index in [1.807, 2.05) is 30.3 Å². The number of aliphatic hydroxyl groups is 1. The Hall–Kier alpha value is -2.20. The van der Waals surface area contributed by atoms with E-state index in [9.17, 15) is 15.2 Å². The van der Waals surface area contributed by atoms with Crippen molar-refractivity contribution in [3.8, 4) is 11.1 Å². The van der Waals surface area contributed by atoms with Crippen LogP contribution < -0.4 is 0 Å². The average Bonchev–Trinajstić information content (AvgIpc) is 2.38. The molecule has 0 amide bonds. The molecule has 1 unspecified atom stereocenters. The van der Waals surface area contributed by atoms with Crippen LogP contribution in [0.5, 0.6) is 0 Å². The maximum atomic E-state index is 11.0. The molecule has 0 aliphatic rings. The smallest absolute Gasteiger partial charge is 0.272 e. The average molecular weight is 257 g/mol. The molecule has 2 aromatic carbocycles. The molecule has 0 saturated heterocycles. The third kappa shape index (κ3) is 3.17. The molecule has 19 heavy (non-hydrogen) atoms. The fraction of sp³-hybridized carbons (Fsp3) is 0.200. The van der Waals surface area contributed by atoms with Gasteiger partial charge in [-0.05, 0) is 30.2 Å². The predicted octanol–water partition coefficient (Wildman–Crippen LogP) is 3.19. The van der Waals surface area contributed by atoms with E-state index in [-0.39, 0.29) is 12.1 Å². The van der Waals surface area contributed by atoms with Gasteiger partial charge in [-0.15, -0.1) is 0 Å². The Morgan fingerprint density at radius 2 is 1.84 bits per heavy atom. The molecule has 0 fully saturated rings. The summed E-state index contributed by atoms with van der Waals surface area (Å²) in [6.07, 6.45) is -0.332. The number of rotatable bonds is 4.